The number of aryl methyl sites for hydroxylation is 1. The lowest BCUT2D eigenvalue weighted by molar-refractivity contribution is -0.0493. The highest BCUT2D eigenvalue weighted by molar-refractivity contribution is 5.26. The molecule has 0 radical (unpaired) electrons. The van der Waals surface area contributed by atoms with Gasteiger partial charge in [-0.25, -0.2) is 8.78 Å². The van der Waals surface area contributed by atoms with Crippen molar-refractivity contribution in [3.63, 3.8) is 0 Å². The minimum atomic E-state index is -3.17. The molecule has 0 fully saturated rings. The number of hydrogen-bond donors (Lipinski definition) is 3. The molecule has 1 rings (SSSR count). The fourth-order valence-corrected chi connectivity index (χ4v) is 1.36. The summed E-state index contributed by atoms with van der Waals surface area (Å²) in [5.41, 5.74) is 1.10. The van der Waals surface area contributed by atoms with Crippen LogP contribution in [0.15, 0.2) is 24.3 Å². The molecule has 0 aliphatic heterocycles. The fraction of sp³-hybridized carbons (Fsp3) is 0.538. The predicted octanol–water partition coefficient (Wildman–Crippen LogP) is 0.952. The maximum absolute atomic E-state index is 12.7. The molecule has 0 saturated carbocycles. The van der Waals surface area contributed by atoms with Crippen LogP contribution in [0.1, 0.15) is 5.56 Å². The minimum Gasteiger partial charge on any atom is -0.491 e. The van der Waals surface area contributed by atoms with Gasteiger partial charge in [0, 0.05) is 6.54 Å². The highest BCUT2D eigenvalue weighted by Crippen LogP contribution is 2.12. The number of hydrogen-bond acceptors (Lipinski definition) is 4. The van der Waals surface area contributed by atoms with Crippen molar-refractivity contribution in [2.75, 3.05) is 26.3 Å². The van der Waals surface area contributed by atoms with Crippen molar-refractivity contribution in [3.05, 3.63) is 29.8 Å². The summed E-state index contributed by atoms with van der Waals surface area (Å²) in [4.78, 5) is 0. The maximum atomic E-state index is 12.7. The number of aliphatic hydroxyl groups excluding tert-OH is 2. The fourth-order valence-electron chi connectivity index (χ4n) is 1.36. The first-order valence-electron chi connectivity index (χ1n) is 6.00. The van der Waals surface area contributed by atoms with Crippen molar-refractivity contribution in [3.8, 4) is 5.75 Å². The summed E-state index contributed by atoms with van der Waals surface area (Å²) in [7, 11) is 0. The summed E-state index contributed by atoms with van der Waals surface area (Å²) >= 11 is 0. The number of aliphatic hydroxyl groups is 2. The standard InChI is InChI=1S/C13H19F2NO3/c1-10-2-4-12(5-3-10)19-7-11(18)6-16-8-13(14,15)9-17/h2-5,11,16-18H,6-9H2,1H3. The number of halogens is 2. The van der Waals surface area contributed by atoms with E-state index >= 15 is 0 Å². The third-order valence-electron chi connectivity index (χ3n) is 2.46. The highest BCUT2D eigenvalue weighted by Gasteiger charge is 2.27. The molecule has 108 valence electrons. The predicted molar refractivity (Wildman–Crippen MR) is 67.6 cm³/mol. The Hall–Kier alpha value is -1.24. The van der Waals surface area contributed by atoms with Crippen LogP contribution in [-0.4, -0.2) is 48.5 Å². The Morgan fingerprint density at radius 2 is 1.95 bits per heavy atom. The van der Waals surface area contributed by atoms with E-state index in [4.69, 9.17) is 9.84 Å². The molecule has 1 unspecified atom stereocenters. The Morgan fingerprint density at radius 1 is 1.32 bits per heavy atom. The van der Waals surface area contributed by atoms with E-state index in [1.165, 1.54) is 0 Å². The van der Waals surface area contributed by atoms with E-state index in [1.54, 1.807) is 12.1 Å². The Labute approximate surface area is 111 Å². The first-order chi connectivity index (χ1) is 8.93. The van der Waals surface area contributed by atoms with Gasteiger partial charge < -0.3 is 20.3 Å². The van der Waals surface area contributed by atoms with Crippen LogP contribution in [0.4, 0.5) is 8.78 Å². The topological polar surface area (TPSA) is 61.7 Å². The van der Waals surface area contributed by atoms with Gasteiger partial charge in [0.15, 0.2) is 0 Å². The van der Waals surface area contributed by atoms with Gasteiger partial charge in [-0.05, 0) is 19.1 Å². The monoisotopic (exact) mass is 275 g/mol. The average Bonchev–Trinajstić information content (AvgIpc) is 2.38. The second-order valence-electron chi connectivity index (χ2n) is 4.42. The summed E-state index contributed by atoms with van der Waals surface area (Å²) in [6.45, 7) is 0.0488. The van der Waals surface area contributed by atoms with E-state index in [-0.39, 0.29) is 13.2 Å². The first-order valence-corrected chi connectivity index (χ1v) is 6.00. The SMILES string of the molecule is Cc1ccc(OCC(O)CNCC(F)(F)CO)cc1. The van der Waals surface area contributed by atoms with Gasteiger partial charge in [-0.2, -0.15) is 0 Å². The lowest BCUT2D eigenvalue weighted by Gasteiger charge is -2.17. The smallest absolute Gasteiger partial charge is 0.282 e. The first kappa shape index (κ1) is 15.8. The Bertz CT molecular complexity index is 371. The summed E-state index contributed by atoms with van der Waals surface area (Å²) in [6, 6.07) is 7.30. The van der Waals surface area contributed by atoms with Gasteiger partial charge in [0.05, 0.1) is 6.54 Å². The second kappa shape index (κ2) is 7.37. The molecule has 3 N–H and O–H groups in total. The zero-order valence-electron chi connectivity index (χ0n) is 10.8. The number of benzene rings is 1. The molecule has 0 aromatic heterocycles. The number of nitrogens with one attached hydrogen (secondary N) is 1. The molecule has 0 heterocycles. The molecular formula is C13H19F2NO3. The van der Waals surface area contributed by atoms with Crippen LogP contribution in [0.25, 0.3) is 0 Å². The molecule has 0 spiro atoms. The lowest BCUT2D eigenvalue weighted by Crippen LogP contribution is -2.40. The largest absolute Gasteiger partial charge is 0.491 e. The molecule has 1 aromatic carbocycles. The summed E-state index contributed by atoms with van der Waals surface area (Å²) in [6.07, 6.45) is -0.893. The molecule has 19 heavy (non-hydrogen) atoms. The normalized spacial score (nSPS) is 13.3. The van der Waals surface area contributed by atoms with Crippen LogP contribution < -0.4 is 10.1 Å². The molecule has 0 aliphatic carbocycles. The van der Waals surface area contributed by atoms with Gasteiger partial charge in [-0.1, -0.05) is 17.7 Å². The molecule has 4 nitrogen and oxygen atoms in total. The lowest BCUT2D eigenvalue weighted by atomic mass is 10.2. The molecule has 0 aliphatic rings. The van der Waals surface area contributed by atoms with Crippen molar-refractivity contribution < 1.29 is 23.7 Å². The van der Waals surface area contributed by atoms with Crippen molar-refractivity contribution in [1.29, 1.82) is 0 Å². The maximum Gasteiger partial charge on any atom is 0.282 e. The second-order valence-corrected chi connectivity index (χ2v) is 4.42. The van der Waals surface area contributed by atoms with Crippen LogP contribution in [0.2, 0.25) is 0 Å². The van der Waals surface area contributed by atoms with E-state index in [1.807, 2.05) is 19.1 Å². The van der Waals surface area contributed by atoms with Gasteiger partial charge in [0.2, 0.25) is 0 Å². The quantitative estimate of drug-likeness (QED) is 0.661. The van der Waals surface area contributed by atoms with E-state index in [2.05, 4.69) is 5.32 Å². The molecule has 1 aromatic rings. The van der Waals surface area contributed by atoms with Crippen LogP contribution in [0, 0.1) is 6.92 Å². The van der Waals surface area contributed by atoms with Crippen molar-refractivity contribution in [1.82, 2.24) is 5.32 Å². The van der Waals surface area contributed by atoms with Gasteiger partial charge in [0.1, 0.15) is 25.1 Å². The van der Waals surface area contributed by atoms with Gasteiger partial charge in [-0.15, -0.1) is 0 Å². The van der Waals surface area contributed by atoms with Crippen LogP contribution >= 0.6 is 0 Å². The molecule has 0 bridgehead atoms. The zero-order chi connectivity index (χ0) is 14.3. The van der Waals surface area contributed by atoms with Gasteiger partial charge in [-0.3, -0.25) is 0 Å². The van der Waals surface area contributed by atoms with Crippen LogP contribution in [-0.2, 0) is 0 Å². The van der Waals surface area contributed by atoms with E-state index in [0.717, 1.165) is 5.56 Å². The zero-order valence-corrected chi connectivity index (χ0v) is 10.8. The number of alkyl halides is 2. The van der Waals surface area contributed by atoms with Gasteiger partial charge >= 0.3 is 0 Å². The van der Waals surface area contributed by atoms with E-state index in [9.17, 15) is 13.9 Å². The minimum absolute atomic E-state index is 0.0146. The average molecular weight is 275 g/mol. The Kier molecular flexibility index (Phi) is 6.14. The summed E-state index contributed by atoms with van der Waals surface area (Å²) < 4.78 is 30.6. The Morgan fingerprint density at radius 3 is 2.53 bits per heavy atom. The number of ether oxygens (including phenoxy) is 1. The van der Waals surface area contributed by atoms with Gasteiger partial charge in [0.25, 0.3) is 5.92 Å². The van der Waals surface area contributed by atoms with Crippen LogP contribution in [0.5, 0.6) is 5.75 Å². The summed E-state index contributed by atoms with van der Waals surface area (Å²) in [5, 5.41) is 20.3. The third-order valence-corrected chi connectivity index (χ3v) is 2.46. The molecule has 1 atom stereocenters. The number of rotatable bonds is 8. The van der Waals surface area contributed by atoms with E-state index in [0.29, 0.717) is 5.75 Å². The molecule has 0 amide bonds. The molecular weight excluding hydrogens is 256 g/mol. The van der Waals surface area contributed by atoms with Crippen molar-refractivity contribution in [2.45, 2.75) is 19.0 Å². The van der Waals surface area contributed by atoms with Crippen molar-refractivity contribution >= 4 is 0 Å². The van der Waals surface area contributed by atoms with Crippen molar-refractivity contribution in [2.24, 2.45) is 0 Å². The van der Waals surface area contributed by atoms with Crippen LogP contribution in [0.3, 0.4) is 0 Å². The summed E-state index contributed by atoms with van der Waals surface area (Å²) in [5.74, 6) is -2.55. The van der Waals surface area contributed by atoms with E-state index < -0.39 is 25.2 Å². The Balaban J connectivity index is 2.21. The highest BCUT2D eigenvalue weighted by atomic mass is 19.3. The molecule has 0 saturated heterocycles. The third kappa shape index (κ3) is 6.47. The molecule has 6 heteroatoms.